The average molecular weight is 498 g/mol. The van der Waals surface area contributed by atoms with Crippen molar-refractivity contribution in [1.82, 2.24) is 15.3 Å². The van der Waals surface area contributed by atoms with Crippen LogP contribution in [0.3, 0.4) is 0 Å². The highest BCUT2D eigenvalue weighted by atomic mass is 35.5. The summed E-state index contributed by atoms with van der Waals surface area (Å²) in [5, 5.41) is 8.02. The Morgan fingerprint density at radius 2 is 1.41 bits per heavy atom. The Morgan fingerprint density at radius 1 is 0.882 bits per heavy atom. The van der Waals surface area contributed by atoms with Crippen LogP contribution in [0.2, 0.25) is 10.0 Å². The summed E-state index contributed by atoms with van der Waals surface area (Å²) >= 11 is 12.2. The lowest BCUT2D eigenvalue weighted by atomic mass is 9.88. The van der Waals surface area contributed by atoms with E-state index in [2.05, 4.69) is 20.6 Å². The van der Waals surface area contributed by atoms with Gasteiger partial charge in [-0.05, 0) is 67.1 Å². The van der Waals surface area contributed by atoms with E-state index in [4.69, 9.17) is 23.2 Å². The van der Waals surface area contributed by atoms with Crippen LogP contribution in [0.15, 0.2) is 60.8 Å². The molecule has 0 radical (unpaired) electrons. The van der Waals surface area contributed by atoms with E-state index in [0.29, 0.717) is 16.0 Å². The van der Waals surface area contributed by atoms with E-state index >= 15 is 0 Å². The number of amides is 1. The van der Waals surface area contributed by atoms with Gasteiger partial charge in [0.1, 0.15) is 5.82 Å². The molecule has 0 bridgehead atoms. The topological polar surface area (TPSA) is 70.2 Å². The number of aromatic nitrogens is 2. The van der Waals surface area contributed by atoms with Gasteiger partial charge in [0.25, 0.3) is 0 Å². The molecule has 2 aromatic carbocycles. The number of halogens is 2. The Labute approximate surface area is 210 Å². The third-order valence-corrected chi connectivity index (χ3v) is 6.68. The van der Waals surface area contributed by atoms with Crippen molar-refractivity contribution >= 4 is 40.9 Å². The van der Waals surface area contributed by atoms with Crippen molar-refractivity contribution in [2.75, 3.05) is 24.3 Å². The molecule has 3 aromatic rings. The second kappa shape index (κ2) is 11.1. The predicted octanol–water partition coefficient (Wildman–Crippen LogP) is 5.52. The predicted molar refractivity (Wildman–Crippen MR) is 139 cm³/mol. The second-order valence-corrected chi connectivity index (χ2v) is 9.74. The molecule has 6 nitrogen and oxygen atoms in total. The smallest absolute Gasteiger partial charge is 0.232 e. The Balaban J connectivity index is 1.39. The van der Waals surface area contributed by atoms with Crippen LogP contribution in [-0.2, 0) is 4.79 Å². The maximum atomic E-state index is 13.4. The Morgan fingerprint density at radius 3 is 1.94 bits per heavy atom. The van der Waals surface area contributed by atoms with Crippen LogP contribution in [-0.4, -0.2) is 42.1 Å². The fourth-order valence-corrected chi connectivity index (χ4v) is 4.57. The zero-order chi connectivity index (χ0) is 24.1. The van der Waals surface area contributed by atoms with Crippen molar-refractivity contribution in [3.63, 3.8) is 0 Å². The van der Waals surface area contributed by atoms with Crippen molar-refractivity contribution in [1.29, 1.82) is 0 Å². The summed E-state index contributed by atoms with van der Waals surface area (Å²) in [6.07, 6.45) is 5.43. The summed E-state index contributed by atoms with van der Waals surface area (Å²) in [6.45, 7) is 0. The first-order valence-corrected chi connectivity index (χ1v) is 12.2. The zero-order valence-corrected chi connectivity index (χ0v) is 20.9. The maximum absolute atomic E-state index is 13.4. The van der Waals surface area contributed by atoms with E-state index in [-0.39, 0.29) is 18.0 Å². The lowest BCUT2D eigenvalue weighted by Gasteiger charge is -2.31. The molecular weight excluding hydrogens is 469 g/mol. The molecule has 4 rings (SSSR count). The van der Waals surface area contributed by atoms with Gasteiger partial charge >= 0.3 is 0 Å². The van der Waals surface area contributed by atoms with Crippen molar-refractivity contribution < 1.29 is 4.79 Å². The van der Waals surface area contributed by atoms with Crippen LogP contribution in [0.25, 0.3) is 0 Å². The van der Waals surface area contributed by atoms with Gasteiger partial charge in [-0.15, -0.1) is 0 Å². The molecule has 0 saturated heterocycles. The van der Waals surface area contributed by atoms with E-state index in [1.54, 1.807) is 6.20 Å². The van der Waals surface area contributed by atoms with Crippen molar-refractivity contribution in [3.05, 3.63) is 82.0 Å². The molecule has 0 aliphatic heterocycles. The highest BCUT2D eigenvalue weighted by molar-refractivity contribution is 6.30. The molecule has 8 heteroatoms. The molecule has 1 fully saturated rings. The van der Waals surface area contributed by atoms with E-state index in [0.717, 1.165) is 42.6 Å². The van der Waals surface area contributed by atoms with Gasteiger partial charge in [-0.2, -0.15) is 4.98 Å². The average Bonchev–Trinajstić information content (AvgIpc) is 2.83. The lowest BCUT2D eigenvalue weighted by Crippen LogP contribution is -2.42. The van der Waals surface area contributed by atoms with E-state index in [9.17, 15) is 4.79 Å². The molecule has 1 amide bonds. The van der Waals surface area contributed by atoms with Crippen molar-refractivity contribution in [2.45, 2.75) is 43.7 Å². The molecule has 0 atom stereocenters. The first kappa shape index (κ1) is 24.3. The van der Waals surface area contributed by atoms with Gasteiger partial charge in [0, 0.05) is 42.4 Å². The minimum Gasteiger partial charge on any atom is -0.363 e. The number of nitrogens with zero attached hydrogens (tertiary/aromatic N) is 3. The number of nitrogens with one attached hydrogen (secondary N) is 2. The standard InChI is InChI=1S/C26H29Cl2N5O/c1-33(2)23-15-16-29-26(32-23)31-22-13-11-21(12-14-22)30-25(34)24(17-3-7-19(27)8-4-17)18-5-9-20(28)10-6-18/h3-10,15-16,21-22,24H,11-14H2,1-2H3,(H,30,34)(H,29,31,32)/t21-,22+. The summed E-state index contributed by atoms with van der Waals surface area (Å²) in [4.78, 5) is 24.3. The number of rotatable bonds is 7. The Hall–Kier alpha value is -2.83. The molecule has 1 heterocycles. The monoisotopic (exact) mass is 497 g/mol. The molecule has 34 heavy (non-hydrogen) atoms. The van der Waals surface area contributed by atoms with Crippen molar-refractivity contribution in [3.8, 4) is 0 Å². The molecular formula is C26H29Cl2N5O. The van der Waals surface area contributed by atoms with Gasteiger partial charge in [0.2, 0.25) is 11.9 Å². The molecule has 1 aliphatic carbocycles. The van der Waals surface area contributed by atoms with Crippen LogP contribution in [0.4, 0.5) is 11.8 Å². The van der Waals surface area contributed by atoms with E-state index < -0.39 is 5.92 Å². The lowest BCUT2D eigenvalue weighted by molar-refractivity contribution is -0.122. The molecule has 178 valence electrons. The normalized spacial score (nSPS) is 17.9. The van der Waals surface area contributed by atoms with Crippen LogP contribution in [0.1, 0.15) is 42.7 Å². The van der Waals surface area contributed by atoms with Crippen LogP contribution < -0.4 is 15.5 Å². The fourth-order valence-electron chi connectivity index (χ4n) is 4.32. The van der Waals surface area contributed by atoms with E-state index in [1.807, 2.05) is 73.6 Å². The van der Waals surface area contributed by atoms with Gasteiger partial charge in [-0.1, -0.05) is 47.5 Å². The minimum absolute atomic E-state index is 0.0110. The number of carbonyl (C=O) groups excluding carboxylic acids is 1. The van der Waals surface area contributed by atoms with Gasteiger partial charge in [0.05, 0.1) is 5.92 Å². The van der Waals surface area contributed by atoms with Crippen LogP contribution >= 0.6 is 23.2 Å². The number of anilines is 2. The summed E-state index contributed by atoms with van der Waals surface area (Å²) in [7, 11) is 3.92. The minimum atomic E-state index is -0.424. The third kappa shape index (κ3) is 6.19. The molecule has 2 N–H and O–H groups in total. The summed E-state index contributed by atoms with van der Waals surface area (Å²) in [5.41, 5.74) is 1.80. The Kier molecular flexibility index (Phi) is 7.91. The fraction of sp³-hybridized carbons (Fsp3) is 0.346. The second-order valence-electron chi connectivity index (χ2n) is 8.87. The Bertz CT molecular complexity index is 1050. The summed E-state index contributed by atoms with van der Waals surface area (Å²) < 4.78 is 0. The highest BCUT2D eigenvalue weighted by Gasteiger charge is 2.28. The SMILES string of the molecule is CN(C)c1ccnc(N[C@H]2CC[C@@H](NC(=O)C(c3ccc(Cl)cc3)c3ccc(Cl)cc3)CC2)n1. The number of hydrogen-bond acceptors (Lipinski definition) is 5. The van der Waals surface area contributed by atoms with Gasteiger partial charge in [-0.3, -0.25) is 4.79 Å². The highest BCUT2D eigenvalue weighted by Crippen LogP contribution is 2.29. The van der Waals surface area contributed by atoms with Crippen molar-refractivity contribution in [2.24, 2.45) is 0 Å². The molecule has 1 saturated carbocycles. The van der Waals surface area contributed by atoms with Crippen LogP contribution in [0, 0.1) is 0 Å². The number of carbonyl (C=O) groups is 1. The first-order chi connectivity index (χ1) is 16.4. The van der Waals surface area contributed by atoms with Gasteiger partial charge < -0.3 is 15.5 Å². The maximum Gasteiger partial charge on any atom is 0.232 e. The van der Waals surface area contributed by atoms with Crippen LogP contribution in [0.5, 0.6) is 0 Å². The molecule has 0 unspecified atom stereocenters. The summed E-state index contributed by atoms with van der Waals surface area (Å²) in [5.74, 6) is 1.08. The van der Waals surface area contributed by atoms with E-state index in [1.165, 1.54) is 0 Å². The molecule has 0 spiro atoms. The van der Waals surface area contributed by atoms with Gasteiger partial charge in [0.15, 0.2) is 0 Å². The largest absolute Gasteiger partial charge is 0.363 e. The molecule has 1 aromatic heterocycles. The zero-order valence-electron chi connectivity index (χ0n) is 19.3. The number of benzene rings is 2. The molecule has 1 aliphatic rings. The summed E-state index contributed by atoms with van der Waals surface area (Å²) in [6, 6.07) is 17.2. The van der Waals surface area contributed by atoms with Gasteiger partial charge in [-0.25, -0.2) is 4.98 Å². The number of hydrogen-bond donors (Lipinski definition) is 2. The third-order valence-electron chi connectivity index (χ3n) is 6.17. The quantitative estimate of drug-likeness (QED) is 0.449. The first-order valence-electron chi connectivity index (χ1n) is 11.5.